The van der Waals surface area contributed by atoms with Crippen LogP contribution < -0.4 is 20.7 Å². The Morgan fingerprint density at radius 1 is 1.06 bits per heavy atom. The van der Waals surface area contributed by atoms with Crippen molar-refractivity contribution in [3.63, 3.8) is 0 Å². The number of nitrogens with two attached hydrogens (primary N) is 1. The Hall–Kier alpha value is -3.54. The molecular formula is C24H28N6O4S. The van der Waals surface area contributed by atoms with Crippen molar-refractivity contribution in [3.8, 4) is 11.6 Å². The third-order valence-corrected chi connectivity index (χ3v) is 7.32. The first kappa shape index (κ1) is 24.6. The molecule has 0 bridgehead atoms. The summed E-state index contributed by atoms with van der Waals surface area (Å²) in [7, 11) is -2.03. The molecule has 1 aliphatic rings. The van der Waals surface area contributed by atoms with Crippen LogP contribution in [0.5, 0.6) is 11.6 Å². The highest BCUT2D eigenvalue weighted by Gasteiger charge is 2.27. The third kappa shape index (κ3) is 5.76. The van der Waals surface area contributed by atoms with E-state index < -0.39 is 21.8 Å². The Balaban J connectivity index is 1.72. The maximum atomic E-state index is 13.6. The predicted molar refractivity (Wildman–Crippen MR) is 132 cm³/mol. The molecular weight excluding hydrogens is 468 g/mol. The molecule has 1 aromatic carbocycles. The highest BCUT2D eigenvalue weighted by Crippen LogP contribution is 2.35. The second-order valence-corrected chi connectivity index (χ2v) is 10.2. The molecule has 1 fully saturated rings. The summed E-state index contributed by atoms with van der Waals surface area (Å²) >= 11 is 0. The zero-order chi connectivity index (χ0) is 25.0. The molecule has 3 N–H and O–H groups in total. The lowest BCUT2D eigenvalue weighted by Gasteiger charge is -2.34. The average molecular weight is 497 g/mol. The van der Waals surface area contributed by atoms with Crippen LogP contribution in [0.3, 0.4) is 0 Å². The van der Waals surface area contributed by atoms with Gasteiger partial charge in [0.15, 0.2) is 10.8 Å². The zero-order valence-electron chi connectivity index (χ0n) is 19.6. The van der Waals surface area contributed by atoms with Crippen LogP contribution in [0, 0.1) is 0 Å². The number of hydrogen-bond donors (Lipinski definition) is 2. The van der Waals surface area contributed by atoms with Crippen molar-refractivity contribution in [1.82, 2.24) is 14.9 Å². The zero-order valence-corrected chi connectivity index (χ0v) is 20.4. The molecule has 0 spiro atoms. The minimum absolute atomic E-state index is 0.0517. The number of rotatable bonds is 7. The molecule has 1 amide bonds. The van der Waals surface area contributed by atoms with E-state index in [9.17, 15) is 13.2 Å². The van der Waals surface area contributed by atoms with E-state index in [1.165, 1.54) is 31.3 Å². The van der Waals surface area contributed by atoms with Crippen LogP contribution in [0.1, 0.15) is 6.92 Å². The normalized spacial score (nSPS) is 15.5. The molecule has 10 nitrogen and oxygen atoms in total. The monoisotopic (exact) mass is 496 g/mol. The SMILES string of the molecule is CC(N)C(=O)Nc1ccnc(S(=O)(=O)c2ccc(N3CCN(C)CC3)cc2Oc2ccccn2)c1. The Morgan fingerprint density at radius 2 is 1.83 bits per heavy atom. The summed E-state index contributed by atoms with van der Waals surface area (Å²) in [6.07, 6.45) is 2.89. The highest BCUT2D eigenvalue weighted by molar-refractivity contribution is 7.91. The second kappa shape index (κ2) is 10.4. The number of piperazine rings is 1. The standard InChI is InChI=1S/C24H28N6O4S/c1-17(25)24(31)28-18-8-10-27-23(15-18)35(32,33)21-7-6-19(30-13-11-29(2)12-14-30)16-20(21)34-22-5-3-4-9-26-22/h3-10,15-17H,11-14,25H2,1-2H3,(H,27,28,31). The molecule has 35 heavy (non-hydrogen) atoms. The molecule has 0 radical (unpaired) electrons. The predicted octanol–water partition coefficient (Wildman–Crippen LogP) is 2.14. The number of ether oxygens (including phenoxy) is 1. The smallest absolute Gasteiger partial charge is 0.241 e. The molecule has 0 aliphatic carbocycles. The maximum absolute atomic E-state index is 13.6. The fourth-order valence-corrected chi connectivity index (χ4v) is 4.90. The minimum atomic E-state index is -4.10. The number of anilines is 2. The average Bonchev–Trinajstić information content (AvgIpc) is 2.85. The number of sulfone groups is 1. The van der Waals surface area contributed by atoms with Gasteiger partial charge in [-0.25, -0.2) is 18.4 Å². The minimum Gasteiger partial charge on any atom is -0.438 e. The Labute approximate surface area is 204 Å². The van der Waals surface area contributed by atoms with Gasteiger partial charge in [0.25, 0.3) is 0 Å². The number of nitrogens with one attached hydrogen (secondary N) is 1. The van der Waals surface area contributed by atoms with Crippen LogP contribution in [-0.4, -0.2) is 68.5 Å². The number of carbonyl (C=O) groups is 1. The van der Waals surface area contributed by atoms with E-state index in [4.69, 9.17) is 10.5 Å². The lowest BCUT2D eigenvalue weighted by atomic mass is 10.2. The molecule has 1 atom stereocenters. The number of carbonyl (C=O) groups excluding carboxylic acids is 1. The van der Waals surface area contributed by atoms with Crippen LogP contribution in [0.15, 0.2) is 70.8 Å². The molecule has 1 aliphatic heterocycles. The lowest BCUT2D eigenvalue weighted by molar-refractivity contribution is -0.117. The maximum Gasteiger partial charge on any atom is 0.241 e. The number of pyridine rings is 2. The van der Waals surface area contributed by atoms with Crippen molar-refractivity contribution in [2.75, 3.05) is 43.4 Å². The molecule has 1 saturated heterocycles. The second-order valence-electron chi connectivity index (χ2n) is 8.36. The van der Waals surface area contributed by atoms with Gasteiger partial charge >= 0.3 is 0 Å². The van der Waals surface area contributed by atoms with E-state index >= 15 is 0 Å². The number of amides is 1. The summed E-state index contributed by atoms with van der Waals surface area (Å²) < 4.78 is 33.2. The quantitative estimate of drug-likeness (QED) is 0.505. The van der Waals surface area contributed by atoms with Gasteiger partial charge in [0.05, 0.1) is 6.04 Å². The van der Waals surface area contributed by atoms with Gasteiger partial charge in [-0.1, -0.05) is 6.07 Å². The van der Waals surface area contributed by atoms with Gasteiger partial charge in [0.2, 0.25) is 21.6 Å². The number of likely N-dealkylation sites (N-methyl/N-ethyl adjacent to an activating group) is 1. The van der Waals surface area contributed by atoms with Crippen molar-refractivity contribution in [1.29, 1.82) is 0 Å². The fraction of sp³-hybridized carbons (Fsp3) is 0.292. The van der Waals surface area contributed by atoms with Gasteiger partial charge in [-0.3, -0.25) is 4.79 Å². The highest BCUT2D eigenvalue weighted by atomic mass is 32.2. The van der Waals surface area contributed by atoms with Crippen molar-refractivity contribution < 1.29 is 17.9 Å². The summed E-state index contributed by atoms with van der Waals surface area (Å²) in [6.45, 7) is 4.97. The molecule has 2 aromatic heterocycles. The topological polar surface area (TPSA) is 131 Å². The van der Waals surface area contributed by atoms with Crippen LogP contribution in [0.25, 0.3) is 0 Å². The molecule has 1 unspecified atom stereocenters. The van der Waals surface area contributed by atoms with Crippen molar-refractivity contribution >= 4 is 27.1 Å². The Bertz CT molecular complexity index is 1290. The van der Waals surface area contributed by atoms with Crippen molar-refractivity contribution in [2.24, 2.45) is 5.73 Å². The van der Waals surface area contributed by atoms with Crippen molar-refractivity contribution in [3.05, 3.63) is 60.9 Å². The van der Waals surface area contributed by atoms with Crippen LogP contribution >= 0.6 is 0 Å². The molecule has 11 heteroatoms. The molecule has 3 heterocycles. The van der Waals surface area contributed by atoms with Gasteiger partial charge in [0, 0.05) is 62.1 Å². The first-order valence-corrected chi connectivity index (χ1v) is 12.7. The first-order chi connectivity index (χ1) is 16.7. The summed E-state index contributed by atoms with van der Waals surface area (Å²) in [5.74, 6) is -0.0208. The van der Waals surface area contributed by atoms with Gasteiger partial charge in [-0.05, 0) is 44.3 Å². The van der Waals surface area contributed by atoms with Gasteiger partial charge in [0.1, 0.15) is 4.90 Å². The van der Waals surface area contributed by atoms with E-state index in [1.54, 1.807) is 36.5 Å². The largest absolute Gasteiger partial charge is 0.438 e. The summed E-state index contributed by atoms with van der Waals surface area (Å²) in [5, 5.41) is 2.37. The lowest BCUT2D eigenvalue weighted by Crippen LogP contribution is -2.44. The van der Waals surface area contributed by atoms with Gasteiger partial charge < -0.3 is 25.6 Å². The van der Waals surface area contributed by atoms with Gasteiger partial charge in [-0.2, -0.15) is 0 Å². The summed E-state index contributed by atoms with van der Waals surface area (Å²) in [5.41, 5.74) is 6.74. The number of benzene rings is 1. The number of nitrogens with zero attached hydrogens (tertiary/aromatic N) is 4. The molecule has 0 saturated carbocycles. The van der Waals surface area contributed by atoms with E-state index in [1.807, 2.05) is 0 Å². The Morgan fingerprint density at radius 3 is 2.51 bits per heavy atom. The van der Waals surface area contributed by atoms with Crippen molar-refractivity contribution in [2.45, 2.75) is 22.9 Å². The molecule has 4 rings (SSSR count). The molecule has 184 valence electrons. The number of aromatic nitrogens is 2. The van der Waals surface area contributed by atoms with E-state index in [0.29, 0.717) is 0 Å². The summed E-state index contributed by atoms with van der Waals surface area (Å²) in [4.78, 5) is 24.6. The van der Waals surface area contributed by atoms with Crippen LogP contribution in [-0.2, 0) is 14.6 Å². The third-order valence-electron chi connectivity index (χ3n) is 5.63. The van der Waals surface area contributed by atoms with Crippen LogP contribution in [0.4, 0.5) is 11.4 Å². The summed E-state index contributed by atoms with van der Waals surface area (Å²) in [6, 6.07) is 12.2. The number of hydrogen-bond acceptors (Lipinski definition) is 9. The van der Waals surface area contributed by atoms with Gasteiger partial charge in [-0.15, -0.1) is 0 Å². The Kier molecular flexibility index (Phi) is 7.29. The molecule has 3 aromatic rings. The van der Waals surface area contributed by atoms with Crippen LogP contribution in [0.2, 0.25) is 0 Å². The first-order valence-electron chi connectivity index (χ1n) is 11.2. The van der Waals surface area contributed by atoms with E-state index in [2.05, 4.69) is 32.1 Å². The van der Waals surface area contributed by atoms with E-state index in [0.717, 1.165) is 31.9 Å². The van der Waals surface area contributed by atoms with E-state index in [-0.39, 0.29) is 27.2 Å². The fourth-order valence-electron chi connectivity index (χ4n) is 3.58.